The minimum atomic E-state index is -0.726. The van der Waals surface area contributed by atoms with Gasteiger partial charge in [0.15, 0.2) is 0 Å². The molecule has 0 aromatic rings. The zero-order chi connectivity index (χ0) is 25.8. The Labute approximate surface area is 218 Å². The van der Waals surface area contributed by atoms with Crippen LogP contribution >= 0.6 is 0 Å². The second kappa shape index (κ2) is 27.5. The second-order valence-electron chi connectivity index (χ2n) is 10.4. The highest BCUT2D eigenvalue weighted by Gasteiger charge is 2.16. The fourth-order valence-corrected chi connectivity index (χ4v) is 4.47. The maximum absolute atomic E-state index is 12.1. The van der Waals surface area contributed by atoms with Crippen molar-refractivity contribution in [2.45, 2.75) is 188 Å². The van der Waals surface area contributed by atoms with Crippen LogP contribution in [0, 0.1) is 0 Å². The van der Waals surface area contributed by atoms with Crippen LogP contribution in [-0.2, 0) is 19.1 Å². The monoisotopic (exact) mass is 496 g/mol. The van der Waals surface area contributed by atoms with Gasteiger partial charge in [0.1, 0.15) is 0 Å². The van der Waals surface area contributed by atoms with E-state index >= 15 is 0 Å². The largest absolute Gasteiger partial charge is 0.425 e. The third kappa shape index (κ3) is 25.8. The van der Waals surface area contributed by atoms with E-state index in [0.29, 0.717) is 19.3 Å². The normalized spacial score (nSPS) is 11.2. The predicted molar refractivity (Wildman–Crippen MR) is 148 cm³/mol. The highest BCUT2D eigenvalue weighted by atomic mass is 16.7. The van der Waals surface area contributed by atoms with E-state index in [-0.39, 0.29) is 11.9 Å². The Morgan fingerprint density at radius 1 is 0.429 bits per heavy atom. The molecule has 0 spiro atoms. The Morgan fingerprint density at radius 2 is 0.686 bits per heavy atom. The smallest absolute Gasteiger partial charge is 0.308 e. The Balaban J connectivity index is 3.58. The fraction of sp³-hybridized carbons (Fsp3) is 0.935. The lowest BCUT2D eigenvalue weighted by atomic mass is 10.1. The molecule has 0 amide bonds. The van der Waals surface area contributed by atoms with E-state index in [4.69, 9.17) is 9.47 Å². The van der Waals surface area contributed by atoms with E-state index < -0.39 is 6.29 Å². The van der Waals surface area contributed by atoms with E-state index in [9.17, 15) is 9.59 Å². The van der Waals surface area contributed by atoms with Gasteiger partial charge in [0.2, 0.25) is 6.29 Å². The lowest BCUT2D eigenvalue weighted by molar-refractivity contribution is -0.188. The molecular weight excluding hydrogens is 436 g/mol. The predicted octanol–water partition coefficient (Wildman–Crippen LogP) is 10.2. The van der Waals surface area contributed by atoms with E-state index in [1.807, 2.05) is 6.92 Å². The van der Waals surface area contributed by atoms with Crippen molar-refractivity contribution in [1.82, 2.24) is 0 Å². The second-order valence-corrected chi connectivity index (χ2v) is 10.4. The maximum atomic E-state index is 12.1. The van der Waals surface area contributed by atoms with Gasteiger partial charge in [-0.15, -0.1) is 0 Å². The van der Waals surface area contributed by atoms with Crippen LogP contribution < -0.4 is 0 Å². The summed E-state index contributed by atoms with van der Waals surface area (Å²) in [6, 6.07) is 0. The average Bonchev–Trinajstić information content (AvgIpc) is 2.85. The molecule has 0 aromatic heterocycles. The first kappa shape index (κ1) is 33.9. The molecule has 35 heavy (non-hydrogen) atoms. The zero-order valence-corrected chi connectivity index (χ0v) is 23.9. The van der Waals surface area contributed by atoms with Gasteiger partial charge in [-0.3, -0.25) is 9.59 Å². The first-order valence-electron chi connectivity index (χ1n) is 15.5. The van der Waals surface area contributed by atoms with Crippen LogP contribution in [0.3, 0.4) is 0 Å². The number of hydrogen-bond acceptors (Lipinski definition) is 4. The van der Waals surface area contributed by atoms with Crippen LogP contribution in [0.1, 0.15) is 181 Å². The van der Waals surface area contributed by atoms with Crippen molar-refractivity contribution in [3.05, 3.63) is 0 Å². The quantitative estimate of drug-likeness (QED) is 0.0644. The molecule has 0 atom stereocenters. The summed E-state index contributed by atoms with van der Waals surface area (Å²) in [6.45, 7) is 6.40. The van der Waals surface area contributed by atoms with Crippen LogP contribution in [0.2, 0.25) is 0 Å². The van der Waals surface area contributed by atoms with Crippen molar-refractivity contribution < 1.29 is 19.1 Å². The van der Waals surface area contributed by atoms with Crippen molar-refractivity contribution >= 4 is 11.9 Å². The van der Waals surface area contributed by atoms with Crippen LogP contribution in [0.25, 0.3) is 0 Å². The zero-order valence-electron chi connectivity index (χ0n) is 23.9. The molecule has 0 aliphatic rings. The van der Waals surface area contributed by atoms with Gasteiger partial charge in [-0.1, -0.05) is 149 Å². The van der Waals surface area contributed by atoms with E-state index in [2.05, 4.69) is 13.8 Å². The average molecular weight is 497 g/mol. The van der Waals surface area contributed by atoms with Gasteiger partial charge < -0.3 is 9.47 Å². The van der Waals surface area contributed by atoms with E-state index in [1.54, 1.807) is 0 Å². The van der Waals surface area contributed by atoms with Crippen molar-refractivity contribution in [2.75, 3.05) is 0 Å². The van der Waals surface area contributed by atoms with Crippen LogP contribution in [0.4, 0.5) is 0 Å². The van der Waals surface area contributed by atoms with Crippen molar-refractivity contribution in [3.8, 4) is 0 Å². The number of ether oxygens (including phenoxy) is 2. The standard InChI is InChI=1S/C31H60O4/c1-4-7-9-11-13-15-17-19-21-23-25-27-29(32)34-31(6-3)35-30(33)28-26-24-22-20-18-16-14-12-10-8-5-2/h31H,4-28H2,1-3H3. The molecule has 0 N–H and O–H groups in total. The molecule has 0 heterocycles. The number of rotatable bonds is 27. The maximum Gasteiger partial charge on any atom is 0.308 e. The molecule has 0 aliphatic carbocycles. The summed E-state index contributed by atoms with van der Waals surface area (Å²) < 4.78 is 10.8. The molecule has 4 nitrogen and oxygen atoms in total. The Hall–Kier alpha value is -1.06. The molecule has 0 radical (unpaired) electrons. The summed E-state index contributed by atoms with van der Waals surface area (Å²) in [5.41, 5.74) is 0. The third-order valence-corrected chi connectivity index (χ3v) is 6.83. The first-order chi connectivity index (χ1) is 17.1. The molecule has 0 fully saturated rings. The summed E-state index contributed by atoms with van der Waals surface area (Å²) in [7, 11) is 0. The molecule has 4 heteroatoms. The SMILES string of the molecule is CCCCCCCCCCCCCC(=O)OC(CC)OC(=O)CCCCCCCCCCCCC. The molecular formula is C31H60O4. The van der Waals surface area contributed by atoms with E-state index in [1.165, 1.54) is 116 Å². The number of esters is 2. The molecule has 0 bridgehead atoms. The molecule has 0 aliphatic heterocycles. The van der Waals surface area contributed by atoms with Crippen LogP contribution in [-0.4, -0.2) is 18.2 Å². The fourth-order valence-electron chi connectivity index (χ4n) is 4.47. The van der Waals surface area contributed by atoms with Crippen molar-refractivity contribution in [2.24, 2.45) is 0 Å². The van der Waals surface area contributed by atoms with Gasteiger partial charge in [0.25, 0.3) is 0 Å². The molecule has 0 rings (SSSR count). The molecule has 0 unspecified atom stereocenters. The van der Waals surface area contributed by atoms with Crippen molar-refractivity contribution in [3.63, 3.8) is 0 Å². The lowest BCUT2D eigenvalue weighted by Gasteiger charge is -2.16. The first-order valence-corrected chi connectivity index (χ1v) is 15.5. The van der Waals surface area contributed by atoms with Gasteiger partial charge in [0.05, 0.1) is 0 Å². The van der Waals surface area contributed by atoms with Gasteiger partial charge >= 0.3 is 11.9 Å². The summed E-state index contributed by atoms with van der Waals surface area (Å²) in [5.74, 6) is -0.481. The molecule has 0 aromatic carbocycles. The minimum absolute atomic E-state index is 0.240. The topological polar surface area (TPSA) is 52.6 Å². The Kier molecular flexibility index (Phi) is 26.7. The number of unbranched alkanes of at least 4 members (excludes halogenated alkanes) is 20. The highest BCUT2D eigenvalue weighted by Crippen LogP contribution is 2.14. The van der Waals surface area contributed by atoms with Gasteiger partial charge in [-0.05, 0) is 12.8 Å². The van der Waals surface area contributed by atoms with E-state index in [0.717, 1.165) is 25.7 Å². The van der Waals surface area contributed by atoms with Gasteiger partial charge in [-0.2, -0.15) is 0 Å². The summed E-state index contributed by atoms with van der Waals surface area (Å²) in [5, 5.41) is 0. The summed E-state index contributed by atoms with van der Waals surface area (Å²) >= 11 is 0. The summed E-state index contributed by atoms with van der Waals surface area (Å²) in [6.07, 6.45) is 28.3. The van der Waals surface area contributed by atoms with Crippen LogP contribution in [0.5, 0.6) is 0 Å². The highest BCUT2D eigenvalue weighted by molar-refractivity contribution is 5.71. The molecule has 0 saturated carbocycles. The molecule has 208 valence electrons. The Morgan fingerprint density at radius 3 is 0.943 bits per heavy atom. The minimum Gasteiger partial charge on any atom is -0.425 e. The molecule has 0 saturated heterocycles. The van der Waals surface area contributed by atoms with Crippen molar-refractivity contribution in [1.29, 1.82) is 0 Å². The number of hydrogen-bond donors (Lipinski definition) is 0. The Bertz CT molecular complexity index is 423. The van der Waals surface area contributed by atoms with Gasteiger partial charge in [-0.25, -0.2) is 0 Å². The summed E-state index contributed by atoms with van der Waals surface area (Å²) in [4.78, 5) is 24.2. The number of carbonyl (C=O) groups is 2. The lowest BCUT2D eigenvalue weighted by Crippen LogP contribution is -2.23. The van der Waals surface area contributed by atoms with Crippen LogP contribution in [0.15, 0.2) is 0 Å². The van der Waals surface area contributed by atoms with Gasteiger partial charge in [0, 0.05) is 19.3 Å². The third-order valence-electron chi connectivity index (χ3n) is 6.83. The number of carbonyl (C=O) groups excluding carboxylic acids is 2.